The lowest BCUT2D eigenvalue weighted by Crippen LogP contribution is -2.37. The number of hydrogen-bond donors (Lipinski definition) is 1. The molecule has 0 spiro atoms. The van der Waals surface area contributed by atoms with Crippen molar-refractivity contribution in [2.75, 3.05) is 26.9 Å². The Bertz CT molecular complexity index is 418. The molecule has 0 radical (unpaired) electrons. The van der Waals surface area contributed by atoms with E-state index in [2.05, 4.69) is 0 Å². The molecule has 1 unspecified atom stereocenters. The third kappa shape index (κ3) is 2.49. The van der Waals surface area contributed by atoms with Crippen LogP contribution in [0.15, 0.2) is 18.2 Å². The van der Waals surface area contributed by atoms with Crippen molar-refractivity contribution in [3.8, 4) is 5.75 Å². The first-order valence-electron chi connectivity index (χ1n) is 6.11. The van der Waals surface area contributed by atoms with Crippen LogP contribution in [-0.2, 0) is 10.2 Å². The Morgan fingerprint density at radius 3 is 2.67 bits per heavy atom. The maximum absolute atomic E-state index is 13.7. The Morgan fingerprint density at radius 2 is 2.22 bits per heavy atom. The first-order valence-corrected chi connectivity index (χ1v) is 6.11. The second kappa shape index (κ2) is 5.24. The standard InChI is InChI=1S/C14H19FO3/c1-14(9-16,6-10-7-18-8-10)11-3-4-13(17-2)12(15)5-11/h3-5,10,16H,6-9H2,1-2H3. The van der Waals surface area contributed by atoms with E-state index in [0.717, 1.165) is 25.2 Å². The van der Waals surface area contributed by atoms with Gasteiger partial charge in [-0.25, -0.2) is 4.39 Å². The fraction of sp³-hybridized carbons (Fsp3) is 0.571. The minimum Gasteiger partial charge on any atom is -0.494 e. The Hall–Kier alpha value is -1.13. The van der Waals surface area contributed by atoms with E-state index in [1.54, 1.807) is 6.07 Å². The monoisotopic (exact) mass is 254 g/mol. The van der Waals surface area contributed by atoms with Gasteiger partial charge in [0, 0.05) is 11.3 Å². The summed E-state index contributed by atoms with van der Waals surface area (Å²) in [5.41, 5.74) is 0.372. The van der Waals surface area contributed by atoms with Crippen LogP contribution < -0.4 is 4.74 Å². The molecule has 18 heavy (non-hydrogen) atoms. The van der Waals surface area contributed by atoms with Crippen LogP contribution in [0.5, 0.6) is 5.75 Å². The van der Waals surface area contributed by atoms with Crippen molar-refractivity contribution in [2.24, 2.45) is 5.92 Å². The summed E-state index contributed by atoms with van der Waals surface area (Å²) < 4.78 is 23.8. The number of hydrogen-bond acceptors (Lipinski definition) is 3. The smallest absolute Gasteiger partial charge is 0.165 e. The van der Waals surface area contributed by atoms with Crippen molar-refractivity contribution < 1.29 is 19.0 Å². The van der Waals surface area contributed by atoms with E-state index in [1.165, 1.54) is 13.2 Å². The molecule has 0 amide bonds. The molecule has 1 heterocycles. The Balaban J connectivity index is 2.22. The van der Waals surface area contributed by atoms with E-state index in [9.17, 15) is 9.50 Å². The van der Waals surface area contributed by atoms with Gasteiger partial charge in [-0.3, -0.25) is 0 Å². The molecule has 1 fully saturated rings. The first-order chi connectivity index (χ1) is 8.59. The molecule has 1 N–H and O–H groups in total. The zero-order valence-electron chi connectivity index (χ0n) is 10.8. The number of benzene rings is 1. The van der Waals surface area contributed by atoms with Crippen molar-refractivity contribution in [2.45, 2.75) is 18.8 Å². The number of methoxy groups -OCH3 is 1. The number of rotatable bonds is 5. The second-order valence-electron chi connectivity index (χ2n) is 5.18. The summed E-state index contributed by atoms with van der Waals surface area (Å²) in [6, 6.07) is 4.88. The zero-order valence-corrected chi connectivity index (χ0v) is 10.8. The van der Waals surface area contributed by atoms with E-state index in [-0.39, 0.29) is 18.2 Å². The highest BCUT2D eigenvalue weighted by atomic mass is 19.1. The van der Waals surface area contributed by atoms with Crippen LogP contribution in [0.3, 0.4) is 0 Å². The van der Waals surface area contributed by atoms with Crippen molar-refractivity contribution in [3.05, 3.63) is 29.6 Å². The minimum absolute atomic E-state index is 0.00469. The predicted octanol–water partition coefficient (Wildman–Crippen LogP) is 2.12. The lowest BCUT2D eigenvalue weighted by Gasteiger charge is -2.36. The van der Waals surface area contributed by atoms with Crippen LogP contribution in [0.4, 0.5) is 4.39 Å². The molecule has 0 saturated carbocycles. The predicted molar refractivity (Wildman–Crippen MR) is 66.3 cm³/mol. The molecule has 4 heteroatoms. The molecule has 3 nitrogen and oxygen atoms in total. The van der Waals surface area contributed by atoms with Gasteiger partial charge in [0.15, 0.2) is 11.6 Å². The fourth-order valence-corrected chi connectivity index (χ4v) is 2.35. The molecule has 0 bridgehead atoms. The van der Waals surface area contributed by atoms with E-state index in [4.69, 9.17) is 9.47 Å². The van der Waals surface area contributed by atoms with E-state index >= 15 is 0 Å². The summed E-state index contributed by atoms with van der Waals surface area (Å²) in [5.74, 6) is 0.290. The highest BCUT2D eigenvalue weighted by Gasteiger charge is 2.33. The number of ether oxygens (including phenoxy) is 2. The Kier molecular flexibility index (Phi) is 3.88. The van der Waals surface area contributed by atoms with Gasteiger partial charge >= 0.3 is 0 Å². The third-order valence-electron chi connectivity index (χ3n) is 3.64. The average Bonchev–Trinajstić information content (AvgIpc) is 2.33. The van der Waals surface area contributed by atoms with Crippen molar-refractivity contribution in [1.82, 2.24) is 0 Å². The van der Waals surface area contributed by atoms with Crippen molar-refractivity contribution >= 4 is 0 Å². The molecule has 1 saturated heterocycles. The number of aliphatic hydroxyl groups excluding tert-OH is 1. The molecule has 1 aromatic carbocycles. The topological polar surface area (TPSA) is 38.7 Å². The van der Waals surface area contributed by atoms with Gasteiger partial charge in [0.1, 0.15) is 0 Å². The van der Waals surface area contributed by atoms with Crippen LogP contribution in [0.25, 0.3) is 0 Å². The van der Waals surface area contributed by atoms with E-state index in [0.29, 0.717) is 5.92 Å². The van der Waals surface area contributed by atoms with Gasteiger partial charge in [0.05, 0.1) is 26.9 Å². The summed E-state index contributed by atoms with van der Waals surface area (Å²) in [7, 11) is 1.44. The molecule has 100 valence electrons. The summed E-state index contributed by atoms with van der Waals surface area (Å²) in [6.45, 7) is 3.41. The van der Waals surface area contributed by atoms with E-state index in [1.807, 2.05) is 13.0 Å². The van der Waals surface area contributed by atoms with Gasteiger partial charge in [0.2, 0.25) is 0 Å². The summed E-state index contributed by atoms with van der Waals surface area (Å²) >= 11 is 0. The lowest BCUT2D eigenvalue weighted by molar-refractivity contribution is -0.0485. The summed E-state index contributed by atoms with van der Waals surface area (Å²) in [4.78, 5) is 0. The molecule has 1 aliphatic heterocycles. The van der Waals surface area contributed by atoms with Gasteiger partial charge in [-0.2, -0.15) is 0 Å². The third-order valence-corrected chi connectivity index (χ3v) is 3.64. The molecular weight excluding hydrogens is 235 g/mol. The van der Waals surface area contributed by atoms with Crippen LogP contribution in [0.1, 0.15) is 18.9 Å². The van der Waals surface area contributed by atoms with Crippen molar-refractivity contribution in [3.63, 3.8) is 0 Å². The first kappa shape index (κ1) is 13.3. The molecule has 1 atom stereocenters. The highest BCUT2D eigenvalue weighted by molar-refractivity contribution is 5.33. The summed E-state index contributed by atoms with van der Waals surface area (Å²) in [6.07, 6.45) is 0.801. The molecule has 2 rings (SSSR count). The molecular formula is C14H19FO3. The van der Waals surface area contributed by atoms with Crippen LogP contribution in [0, 0.1) is 11.7 Å². The average molecular weight is 254 g/mol. The molecule has 1 aliphatic rings. The van der Waals surface area contributed by atoms with Gasteiger partial charge in [0.25, 0.3) is 0 Å². The maximum atomic E-state index is 13.7. The Morgan fingerprint density at radius 1 is 1.50 bits per heavy atom. The molecule has 0 aromatic heterocycles. The minimum atomic E-state index is -0.429. The zero-order chi connectivity index (χ0) is 13.2. The normalized spacial score (nSPS) is 19.1. The van der Waals surface area contributed by atoms with Gasteiger partial charge < -0.3 is 14.6 Å². The number of aliphatic hydroxyl groups is 1. The number of halogens is 1. The van der Waals surface area contributed by atoms with Gasteiger partial charge in [-0.15, -0.1) is 0 Å². The SMILES string of the molecule is COc1ccc(C(C)(CO)CC2COC2)cc1F. The fourth-order valence-electron chi connectivity index (χ4n) is 2.35. The Labute approximate surface area is 107 Å². The summed E-state index contributed by atoms with van der Waals surface area (Å²) in [5, 5.41) is 9.63. The molecule has 0 aliphatic carbocycles. The van der Waals surface area contributed by atoms with Gasteiger partial charge in [-0.05, 0) is 24.1 Å². The maximum Gasteiger partial charge on any atom is 0.165 e. The van der Waals surface area contributed by atoms with Crippen LogP contribution >= 0.6 is 0 Å². The molecule has 1 aromatic rings. The quantitative estimate of drug-likeness (QED) is 0.874. The van der Waals surface area contributed by atoms with Crippen LogP contribution in [-0.4, -0.2) is 32.0 Å². The van der Waals surface area contributed by atoms with E-state index < -0.39 is 5.41 Å². The van der Waals surface area contributed by atoms with Gasteiger partial charge in [-0.1, -0.05) is 13.0 Å². The lowest BCUT2D eigenvalue weighted by atomic mass is 9.75. The largest absolute Gasteiger partial charge is 0.494 e. The van der Waals surface area contributed by atoms with Crippen molar-refractivity contribution in [1.29, 1.82) is 0 Å². The second-order valence-corrected chi connectivity index (χ2v) is 5.18. The van der Waals surface area contributed by atoms with Crippen LogP contribution in [0.2, 0.25) is 0 Å². The highest BCUT2D eigenvalue weighted by Crippen LogP contribution is 2.35.